The lowest BCUT2D eigenvalue weighted by Crippen LogP contribution is -2.14. The minimum atomic E-state index is -0.178. The number of hydrogen-bond acceptors (Lipinski definition) is 3. The van der Waals surface area contributed by atoms with E-state index >= 15 is 0 Å². The van der Waals surface area contributed by atoms with E-state index in [0.29, 0.717) is 11.1 Å². The Kier molecular flexibility index (Phi) is 3.68. The van der Waals surface area contributed by atoms with Crippen LogP contribution in [0.5, 0.6) is 0 Å². The maximum Gasteiger partial charge on any atom is 0.255 e. The van der Waals surface area contributed by atoms with Gasteiger partial charge in [0.15, 0.2) is 0 Å². The van der Waals surface area contributed by atoms with E-state index in [0.717, 1.165) is 11.1 Å². The molecule has 0 saturated carbocycles. The lowest BCUT2D eigenvalue weighted by atomic mass is 10.1. The van der Waals surface area contributed by atoms with Gasteiger partial charge in [0.25, 0.3) is 5.91 Å². The Bertz CT molecular complexity index is 839. The number of fused-ring (bicyclic) bond motifs is 1. The first kappa shape index (κ1) is 13.7. The minimum absolute atomic E-state index is 0.178. The summed E-state index contributed by atoms with van der Waals surface area (Å²) < 4.78 is 1.20. The molecular formula is C16H12N2OS2. The fraction of sp³-hybridized carbons (Fsp3) is 0. The van der Waals surface area contributed by atoms with Crippen molar-refractivity contribution in [3.63, 3.8) is 0 Å². The summed E-state index contributed by atoms with van der Waals surface area (Å²) in [5.41, 5.74) is 7.58. The highest BCUT2D eigenvalue weighted by atomic mass is 32.1. The Hall–Kier alpha value is -2.24. The van der Waals surface area contributed by atoms with Crippen LogP contribution in [0.1, 0.15) is 15.9 Å². The maximum absolute atomic E-state index is 12.3. The molecule has 1 heterocycles. The summed E-state index contributed by atoms with van der Waals surface area (Å²) >= 11 is 6.60. The van der Waals surface area contributed by atoms with Crippen LogP contribution < -0.4 is 11.1 Å². The fourth-order valence-corrected chi connectivity index (χ4v) is 2.96. The van der Waals surface area contributed by atoms with E-state index in [9.17, 15) is 4.79 Å². The van der Waals surface area contributed by atoms with E-state index in [1.165, 1.54) is 4.70 Å². The normalized spacial score (nSPS) is 10.5. The Morgan fingerprint density at radius 1 is 1.10 bits per heavy atom. The van der Waals surface area contributed by atoms with Gasteiger partial charge in [0.05, 0.1) is 0 Å². The SMILES string of the molecule is NC(=S)c1cccc(C(=O)Nc2ccc3sccc3c2)c1. The van der Waals surface area contributed by atoms with Crippen LogP contribution in [0.15, 0.2) is 53.9 Å². The van der Waals surface area contributed by atoms with E-state index in [2.05, 4.69) is 5.32 Å². The van der Waals surface area contributed by atoms with Gasteiger partial charge >= 0.3 is 0 Å². The van der Waals surface area contributed by atoms with Gasteiger partial charge in [-0.05, 0) is 47.2 Å². The highest BCUT2D eigenvalue weighted by Gasteiger charge is 2.08. The molecule has 0 fully saturated rings. The standard InChI is InChI=1S/C16H12N2OS2/c17-15(20)11-2-1-3-12(8-11)16(19)18-13-4-5-14-10(9-13)6-7-21-14/h1-9H,(H2,17,20)(H,18,19). The summed E-state index contributed by atoms with van der Waals surface area (Å²) in [6.07, 6.45) is 0. The number of carbonyl (C=O) groups is 1. The third-order valence-electron chi connectivity index (χ3n) is 3.12. The summed E-state index contributed by atoms with van der Waals surface area (Å²) in [5.74, 6) is -0.178. The molecule has 1 aromatic heterocycles. The number of rotatable bonds is 3. The van der Waals surface area contributed by atoms with Crippen LogP contribution in [0.2, 0.25) is 0 Å². The highest BCUT2D eigenvalue weighted by Crippen LogP contribution is 2.24. The number of anilines is 1. The van der Waals surface area contributed by atoms with Crippen LogP contribution in [0.3, 0.4) is 0 Å². The quantitative estimate of drug-likeness (QED) is 0.724. The van der Waals surface area contributed by atoms with Gasteiger partial charge in [0.1, 0.15) is 4.99 Å². The molecule has 0 unspecified atom stereocenters. The van der Waals surface area contributed by atoms with Gasteiger partial charge in [-0.25, -0.2) is 0 Å². The summed E-state index contributed by atoms with van der Waals surface area (Å²) in [6.45, 7) is 0. The molecule has 21 heavy (non-hydrogen) atoms. The zero-order valence-corrected chi connectivity index (χ0v) is 12.6. The first-order valence-corrected chi connectivity index (χ1v) is 7.61. The van der Waals surface area contributed by atoms with Gasteiger partial charge < -0.3 is 11.1 Å². The van der Waals surface area contributed by atoms with Crippen molar-refractivity contribution in [2.75, 3.05) is 5.32 Å². The topological polar surface area (TPSA) is 55.1 Å². The molecule has 3 N–H and O–H groups in total. The molecule has 104 valence electrons. The van der Waals surface area contributed by atoms with E-state index in [-0.39, 0.29) is 10.9 Å². The Labute approximate surface area is 131 Å². The molecule has 5 heteroatoms. The molecular weight excluding hydrogens is 300 g/mol. The van der Waals surface area contributed by atoms with Gasteiger partial charge in [-0.1, -0.05) is 24.4 Å². The maximum atomic E-state index is 12.3. The molecule has 3 aromatic rings. The first-order chi connectivity index (χ1) is 10.1. The molecule has 3 nitrogen and oxygen atoms in total. The van der Waals surface area contributed by atoms with Crippen molar-refractivity contribution in [3.8, 4) is 0 Å². The highest BCUT2D eigenvalue weighted by molar-refractivity contribution is 7.80. The Morgan fingerprint density at radius 2 is 1.90 bits per heavy atom. The zero-order chi connectivity index (χ0) is 14.8. The van der Waals surface area contributed by atoms with Gasteiger partial charge in [-0.3, -0.25) is 4.79 Å². The summed E-state index contributed by atoms with van der Waals surface area (Å²) in [6, 6.07) is 14.9. The molecule has 0 aliphatic heterocycles. The van der Waals surface area contributed by atoms with E-state index in [1.807, 2.05) is 29.6 Å². The van der Waals surface area contributed by atoms with Crippen LogP contribution >= 0.6 is 23.6 Å². The molecule has 2 aromatic carbocycles. The van der Waals surface area contributed by atoms with Gasteiger partial charge in [0.2, 0.25) is 0 Å². The molecule has 0 bridgehead atoms. The second-order valence-electron chi connectivity index (χ2n) is 4.57. The largest absolute Gasteiger partial charge is 0.389 e. The number of carbonyl (C=O) groups excluding carboxylic acids is 1. The summed E-state index contributed by atoms with van der Waals surface area (Å²) in [5, 5.41) is 6.04. The summed E-state index contributed by atoms with van der Waals surface area (Å²) in [7, 11) is 0. The van der Waals surface area contributed by atoms with Crippen LogP contribution in [-0.4, -0.2) is 10.9 Å². The second kappa shape index (κ2) is 5.63. The summed E-state index contributed by atoms with van der Waals surface area (Å²) in [4.78, 5) is 12.6. The molecule has 3 rings (SSSR count). The van der Waals surface area contributed by atoms with E-state index < -0.39 is 0 Å². The molecule has 0 spiro atoms. The molecule has 0 saturated heterocycles. The van der Waals surface area contributed by atoms with E-state index in [1.54, 1.807) is 35.6 Å². The van der Waals surface area contributed by atoms with Crippen molar-refractivity contribution < 1.29 is 4.79 Å². The molecule has 1 amide bonds. The smallest absolute Gasteiger partial charge is 0.255 e. The molecule has 0 aliphatic rings. The number of thiophene rings is 1. The third-order valence-corrected chi connectivity index (χ3v) is 4.25. The van der Waals surface area contributed by atoms with Gasteiger partial charge in [0, 0.05) is 21.5 Å². The number of nitrogens with two attached hydrogens (primary N) is 1. The average molecular weight is 312 g/mol. The lowest BCUT2D eigenvalue weighted by Gasteiger charge is -2.07. The predicted octanol–water partition coefficient (Wildman–Crippen LogP) is 3.79. The number of thiocarbonyl (C=S) groups is 1. The average Bonchev–Trinajstić information content (AvgIpc) is 2.95. The molecule has 0 aliphatic carbocycles. The number of amides is 1. The monoisotopic (exact) mass is 312 g/mol. The van der Waals surface area contributed by atoms with Gasteiger partial charge in [-0.15, -0.1) is 11.3 Å². The van der Waals surface area contributed by atoms with Crippen molar-refractivity contribution in [3.05, 3.63) is 65.0 Å². The number of hydrogen-bond donors (Lipinski definition) is 2. The fourth-order valence-electron chi connectivity index (χ4n) is 2.06. The van der Waals surface area contributed by atoms with Crippen LogP contribution in [0, 0.1) is 0 Å². The minimum Gasteiger partial charge on any atom is -0.389 e. The van der Waals surface area contributed by atoms with Crippen molar-refractivity contribution in [1.82, 2.24) is 0 Å². The molecule has 0 radical (unpaired) electrons. The molecule has 0 atom stereocenters. The van der Waals surface area contributed by atoms with Crippen molar-refractivity contribution >= 4 is 50.2 Å². The third kappa shape index (κ3) is 2.94. The number of nitrogens with one attached hydrogen (secondary N) is 1. The van der Waals surface area contributed by atoms with Crippen LogP contribution in [0.25, 0.3) is 10.1 Å². The Morgan fingerprint density at radius 3 is 2.71 bits per heavy atom. The van der Waals surface area contributed by atoms with Gasteiger partial charge in [-0.2, -0.15) is 0 Å². The van der Waals surface area contributed by atoms with Crippen molar-refractivity contribution in [1.29, 1.82) is 0 Å². The Balaban J connectivity index is 1.85. The predicted molar refractivity (Wildman–Crippen MR) is 92.1 cm³/mol. The van der Waals surface area contributed by atoms with Crippen molar-refractivity contribution in [2.24, 2.45) is 5.73 Å². The van der Waals surface area contributed by atoms with Crippen LogP contribution in [-0.2, 0) is 0 Å². The van der Waals surface area contributed by atoms with Crippen LogP contribution in [0.4, 0.5) is 5.69 Å². The number of benzene rings is 2. The van der Waals surface area contributed by atoms with Crippen molar-refractivity contribution in [2.45, 2.75) is 0 Å². The zero-order valence-electron chi connectivity index (χ0n) is 11.0. The first-order valence-electron chi connectivity index (χ1n) is 6.32. The second-order valence-corrected chi connectivity index (χ2v) is 5.96. The lowest BCUT2D eigenvalue weighted by molar-refractivity contribution is 0.102. The van der Waals surface area contributed by atoms with E-state index in [4.69, 9.17) is 18.0 Å².